The molecular formula is C15H14N4OS. The summed E-state index contributed by atoms with van der Waals surface area (Å²) in [5, 5.41) is 5.18. The zero-order valence-corrected chi connectivity index (χ0v) is 12.1. The fraction of sp³-hybridized carbons (Fsp3) is 0.200. The first-order valence-electron chi connectivity index (χ1n) is 6.81. The van der Waals surface area contributed by atoms with Crippen LogP contribution in [0.15, 0.2) is 42.0 Å². The molecule has 0 aliphatic carbocycles. The van der Waals surface area contributed by atoms with Crippen LogP contribution in [0.2, 0.25) is 0 Å². The molecule has 106 valence electrons. The zero-order valence-electron chi connectivity index (χ0n) is 11.3. The van der Waals surface area contributed by atoms with E-state index >= 15 is 0 Å². The maximum Gasteiger partial charge on any atom is 0.241 e. The zero-order chi connectivity index (χ0) is 14.2. The number of hydrogen-bond acceptors (Lipinski definition) is 4. The third-order valence-corrected chi connectivity index (χ3v) is 4.41. The summed E-state index contributed by atoms with van der Waals surface area (Å²) in [6, 6.07) is 8.02. The molecule has 0 atom stereocenters. The molecule has 4 rings (SSSR count). The van der Waals surface area contributed by atoms with Crippen LogP contribution < -0.4 is 10.2 Å². The van der Waals surface area contributed by atoms with Crippen LogP contribution in [0.4, 0.5) is 5.69 Å². The molecule has 2 aromatic heterocycles. The molecule has 0 spiro atoms. The Hall–Kier alpha value is -2.18. The molecule has 1 N–H and O–H groups in total. The molecule has 3 heterocycles. The van der Waals surface area contributed by atoms with Crippen LogP contribution in [-0.4, -0.2) is 21.8 Å². The summed E-state index contributed by atoms with van der Waals surface area (Å²) >= 11 is 1.60. The number of thiazole rings is 1. The molecule has 0 saturated carbocycles. The van der Waals surface area contributed by atoms with Crippen molar-refractivity contribution in [2.24, 2.45) is 0 Å². The number of nitrogens with one attached hydrogen (secondary N) is 1. The van der Waals surface area contributed by atoms with E-state index in [1.165, 1.54) is 0 Å². The summed E-state index contributed by atoms with van der Waals surface area (Å²) in [5.74, 6) is 0.0799. The number of aromatic nitrogens is 2. The number of fused-ring (bicyclic) bond motifs is 2. The lowest BCUT2D eigenvalue weighted by molar-refractivity contribution is -0.117. The van der Waals surface area contributed by atoms with Crippen molar-refractivity contribution in [2.45, 2.75) is 13.1 Å². The number of imidazole rings is 1. The minimum Gasteiger partial charge on any atom is -0.305 e. The number of para-hydroxylation sites is 1. The van der Waals surface area contributed by atoms with Gasteiger partial charge in [-0.2, -0.15) is 0 Å². The topological polar surface area (TPSA) is 49.6 Å². The molecule has 0 unspecified atom stereocenters. The van der Waals surface area contributed by atoms with Crippen molar-refractivity contribution in [3.05, 3.63) is 53.3 Å². The Bertz CT molecular complexity index is 778. The number of nitrogens with zero attached hydrogens (tertiary/aromatic N) is 3. The van der Waals surface area contributed by atoms with E-state index in [2.05, 4.69) is 16.4 Å². The van der Waals surface area contributed by atoms with Gasteiger partial charge in [-0.1, -0.05) is 18.2 Å². The smallest absolute Gasteiger partial charge is 0.241 e. The molecule has 1 aliphatic rings. The Morgan fingerprint density at radius 2 is 2.19 bits per heavy atom. The highest BCUT2D eigenvalue weighted by molar-refractivity contribution is 7.15. The Balaban J connectivity index is 1.71. The number of rotatable bonds is 2. The summed E-state index contributed by atoms with van der Waals surface area (Å²) in [6.45, 7) is 1.58. The predicted octanol–water partition coefficient (Wildman–Crippen LogP) is 2.03. The van der Waals surface area contributed by atoms with Gasteiger partial charge < -0.3 is 10.2 Å². The molecule has 0 saturated heterocycles. The van der Waals surface area contributed by atoms with Gasteiger partial charge in [0.15, 0.2) is 4.96 Å². The summed E-state index contributed by atoms with van der Waals surface area (Å²) in [4.78, 5) is 19.7. The third kappa shape index (κ3) is 2.22. The SMILES string of the molecule is O=C1CNCc2ccccc2N1Cc1cn2ccsc2n1. The second kappa shape index (κ2) is 4.98. The van der Waals surface area contributed by atoms with Crippen molar-refractivity contribution in [2.75, 3.05) is 11.4 Å². The molecule has 1 amide bonds. The van der Waals surface area contributed by atoms with Gasteiger partial charge in [-0.05, 0) is 11.6 Å². The fourth-order valence-corrected chi connectivity index (χ4v) is 3.36. The summed E-state index contributed by atoms with van der Waals surface area (Å²) in [6.07, 6.45) is 3.97. The first kappa shape index (κ1) is 12.6. The molecule has 5 nitrogen and oxygen atoms in total. The molecule has 1 aromatic carbocycles. The maximum absolute atomic E-state index is 12.4. The molecular weight excluding hydrogens is 284 g/mol. The summed E-state index contributed by atoms with van der Waals surface area (Å²) in [7, 11) is 0. The van der Waals surface area contributed by atoms with Gasteiger partial charge in [-0.3, -0.25) is 9.20 Å². The fourth-order valence-electron chi connectivity index (χ4n) is 2.65. The molecule has 1 aliphatic heterocycles. The van der Waals surface area contributed by atoms with E-state index in [1.54, 1.807) is 11.3 Å². The highest BCUT2D eigenvalue weighted by Crippen LogP contribution is 2.24. The third-order valence-electron chi connectivity index (χ3n) is 3.64. The van der Waals surface area contributed by atoms with Gasteiger partial charge in [0.2, 0.25) is 5.91 Å². The molecule has 6 heteroatoms. The van der Waals surface area contributed by atoms with Crippen LogP contribution in [0.5, 0.6) is 0 Å². The quantitative estimate of drug-likeness (QED) is 0.787. The predicted molar refractivity (Wildman–Crippen MR) is 82.4 cm³/mol. The Labute approximate surface area is 125 Å². The number of amides is 1. The highest BCUT2D eigenvalue weighted by Gasteiger charge is 2.22. The number of anilines is 1. The lowest BCUT2D eigenvalue weighted by Gasteiger charge is -2.21. The number of carbonyl (C=O) groups excluding carboxylic acids is 1. The van der Waals surface area contributed by atoms with Gasteiger partial charge >= 0.3 is 0 Å². The molecule has 0 radical (unpaired) electrons. The second-order valence-corrected chi connectivity index (χ2v) is 5.91. The van der Waals surface area contributed by atoms with E-state index in [0.29, 0.717) is 13.1 Å². The first-order chi connectivity index (χ1) is 10.3. The lowest BCUT2D eigenvalue weighted by atomic mass is 10.1. The standard InChI is InChI=1S/C15H14N4OS/c20-14-8-16-7-11-3-1-2-4-13(11)19(14)10-12-9-18-5-6-21-15(18)17-12/h1-6,9,16H,7-8,10H2. The van der Waals surface area contributed by atoms with E-state index in [4.69, 9.17) is 0 Å². The maximum atomic E-state index is 12.4. The van der Waals surface area contributed by atoms with Crippen molar-refractivity contribution in [3.63, 3.8) is 0 Å². The van der Waals surface area contributed by atoms with Gasteiger partial charge in [0.05, 0.1) is 18.8 Å². The van der Waals surface area contributed by atoms with Crippen LogP contribution in [-0.2, 0) is 17.9 Å². The van der Waals surface area contributed by atoms with E-state index in [9.17, 15) is 4.79 Å². The normalized spacial score (nSPS) is 15.2. The summed E-state index contributed by atoms with van der Waals surface area (Å²) < 4.78 is 1.99. The largest absolute Gasteiger partial charge is 0.305 e. The minimum absolute atomic E-state index is 0.0799. The number of hydrogen-bond donors (Lipinski definition) is 1. The number of carbonyl (C=O) groups is 1. The average molecular weight is 298 g/mol. The van der Waals surface area contributed by atoms with Gasteiger partial charge in [-0.25, -0.2) is 4.98 Å². The van der Waals surface area contributed by atoms with E-state index in [0.717, 1.165) is 28.5 Å². The van der Waals surface area contributed by atoms with Crippen molar-refractivity contribution in [1.29, 1.82) is 0 Å². The van der Waals surface area contributed by atoms with Crippen molar-refractivity contribution in [3.8, 4) is 0 Å². The average Bonchev–Trinajstić information content (AvgIpc) is 3.02. The van der Waals surface area contributed by atoms with Crippen molar-refractivity contribution < 1.29 is 4.79 Å². The van der Waals surface area contributed by atoms with Crippen molar-refractivity contribution in [1.82, 2.24) is 14.7 Å². The minimum atomic E-state index is 0.0799. The second-order valence-electron chi connectivity index (χ2n) is 5.04. The van der Waals surface area contributed by atoms with Gasteiger partial charge in [0.25, 0.3) is 0 Å². The van der Waals surface area contributed by atoms with Gasteiger partial charge in [-0.15, -0.1) is 11.3 Å². The lowest BCUT2D eigenvalue weighted by Crippen LogP contribution is -2.35. The molecule has 3 aromatic rings. The van der Waals surface area contributed by atoms with Crippen LogP contribution in [0.3, 0.4) is 0 Å². The van der Waals surface area contributed by atoms with E-state index in [-0.39, 0.29) is 5.91 Å². The molecule has 0 bridgehead atoms. The van der Waals surface area contributed by atoms with Gasteiger partial charge in [0.1, 0.15) is 0 Å². The first-order valence-corrected chi connectivity index (χ1v) is 7.69. The van der Waals surface area contributed by atoms with E-state index in [1.807, 2.05) is 45.3 Å². The Morgan fingerprint density at radius 3 is 3.10 bits per heavy atom. The molecule has 0 fully saturated rings. The summed E-state index contributed by atoms with van der Waals surface area (Å²) in [5.41, 5.74) is 3.03. The Morgan fingerprint density at radius 1 is 1.29 bits per heavy atom. The van der Waals surface area contributed by atoms with Crippen molar-refractivity contribution >= 4 is 27.9 Å². The van der Waals surface area contributed by atoms with Crippen LogP contribution in [0.1, 0.15) is 11.3 Å². The van der Waals surface area contributed by atoms with Crippen LogP contribution in [0, 0.1) is 0 Å². The van der Waals surface area contributed by atoms with Crippen LogP contribution >= 0.6 is 11.3 Å². The highest BCUT2D eigenvalue weighted by atomic mass is 32.1. The van der Waals surface area contributed by atoms with Crippen LogP contribution in [0.25, 0.3) is 4.96 Å². The van der Waals surface area contributed by atoms with Gasteiger partial charge in [0, 0.05) is 30.0 Å². The Kier molecular flexibility index (Phi) is 2.98. The molecule has 21 heavy (non-hydrogen) atoms. The monoisotopic (exact) mass is 298 g/mol. The van der Waals surface area contributed by atoms with E-state index < -0.39 is 0 Å². The number of benzene rings is 1.